The molecule has 1 heterocycles. The number of aliphatic hydroxyl groups excluding tert-OH is 2. The van der Waals surface area contributed by atoms with E-state index in [-0.39, 0.29) is 13.2 Å². The molecule has 108 valence electrons. The Bertz CT molecular complexity index is 346. The van der Waals surface area contributed by atoms with Crippen molar-refractivity contribution in [2.45, 2.75) is 13.8 Å². The lowest BCUT2D eigenvalue weighted by atomic mass is 10.5. The largest absolute Gasteiger partial charge is 0.395 e. The van der Waals surface area contributed by atoms with Crippen molar-refractivity contribution < 1.29 is 10.2 Å². The summed E-state index contributed by atoms with van der Waals surface area (Å²) in [4.78, 5) is 14.5. The summed E-state index contributed by atoms with van der Waals surface area (Å²) in [5, 5.41) is 24.2. The van der Waals surface area contributed by atoms with Crippen LogP contribution in [-0.2, 0) is 0 Å². The summed E-state index contributed by atoms with van der Waals surface area (Å²) in [6, 6.07) is 0. The van der Waals surface area contributed by atoms with Crippen LogP contribution in [0.4, 0.5) is 17.8 Å². The van der Waals surface area contributed by atoms with Gasteiger partial charge in [-0.3, -0.25) is 0 Å². The van der Waals surface area contributed by atoms with Crippen molar-refractivity contribution in [1.82, 2.24) is 15.0 Å². The zero-order valence-electron chi connectivity index (χ0n) is 11.4. The van der Waals surface area contributed by atoms with Crippen molar-refractivity contribution in [2.24, 2.45) is 0 Å². The molecule has 0 amide bonds. The molecular weight excluding hydrogens is 248 g/mol. The Labute approximate surface area is 112 Å². The highest BCUT2D eigenvalue weighted by atomic mass is 16.3. The number of aliphatic hydroxyl groups is 2. The molecule has 1 aromatic heterocycles. The Morgan fingerprint density at radius 3 is 1.74 bits per heavy atom. The summed E-state index contributed by atoms with van der Waals surface area (Å²) in [6.07, 6.45) is 0. The number of anilines is 3. The van der Waals surface area contributed by atoms with Gasteiger partial charge in [-0.05, 0) is 13.8 Å². The second kappa shape index (κ2) is 8.44. The van der Waals surface area contributed by atoms with Crippen LogP contribution in [0.3, 0.4) is 0 Å². The molecule has 0 bridgehead atoms. The number of hydrogen-bond acceptors (Lipinski definition) is 8. The number of nitrogens with zero attached hydrogens (tertiary/aromatic N) is 4. The second-order valence-corrected chi connectivity index (χ2v) is 3.78. The molecular formula is C11H22N6O2. The average molecular weight is 270 g/mol. The van der Waals surface area contributed by atoms with E-state index in [4.69, 9.17) is 10.2 Å². The average Bonchev–Trinajstić information content (AvgIpc) is 2.39. The van der Waals surface area contributed by atoms with E-state index in [0.29, 0.717) is 44.0 Å². The van der Waals surface area contributed by atoms with E-state index in [1.165, 1.54) is 0 Å². The quantitative estimate of drug-likeness (QED) is 0.477. The predicted octanol–water partition coefficient (Wildman–Crippen LogP) is -0.474. The van der Waals surface area contributed by atoms with Crippen molar-refractivity contribution in [3.05, 3.63) is 0 Å². The highest BCUT2D eigenvalue weighted by Crippen LogP contribution is 2.13. The smallest absolute Gasteiger partial charge is 0.232 e. The summed E-state index contributed by atoms with van der Waals surface area (Å²) < 4.78 is 0. The van der Waals surface area contributed by atoms with Gasteiger partial charge >= 0.3 is 0 Å². The van der Waals surface area contributed by atoms with Crippen LogP contribution in [0.2, 0.25) is 0 Å². The minimum Gasteiger partial charge on any atom is -0.395 e. The highest BCUT2D eigenvalue weighted by Gasteiger charge is 2.12. The van der Waals surface area contributed by atoms with Gasteiger partial charge in [0.1, 0.15) is 0 Å². The maximum absolute atomic E-state index is 9.04. The SMILES string of the molecule is CCNc1nc(NCC)nc(N(CCO)CCO)n1. The molecule has 0 saturated carbocycles. The zero-order chi connectivity index (χ0) is 14.1. The molecule has 0 aromatic carbocycles. The Balaban J connectivity index is 3.00. The van der Waals surface area contributed by atoms with E-state index >= 15 is 0 Å². The Morgan fingerprint density at radius 2 is 1.37 bits per heavy atom. The minimum absolute atomic E-state index is 0.0290. The molecule has 0 fully saturated rings. The van der Waals surface area contributed by atoms with Crippen LogP contribution in [0.25, 0.3) is 0 Å². The second-order valence-electron chi connectivity index (χ2n) is 3.78. The molecule has 0 radical (unpaired) electrons. The number of rotatable bonds is 9. The molecule has 4 N–H and O–H groups in total. The molecule has 1 aromatic rings. The third kappa shape index (κ3) is 4.84. The van der Waals surface area contributed by atoms with Gasteiger partial charge < -0.3 is 25.7 Å². The third-order valence-electron chi connectivity index (χ3n) is 2.32. The van der Waals surface area contributed by atoms with Crippen LogP contribution < -0.4 is 15.5 Å². The van der Waals surface area contributed by atoms with Gasteiger partial charge in [-0.25, -0.2) is 0 Å². The lowest BCUT2D eigenvalue weighted by Crippen LogP contribution is -2.32. The van der Waals surface area contributed by atoms with Gasteiger partial charge in [0, 0.05) is 26.2 Å². The first-order chi connectivity index (χ1) is 9.24. The van der Waals surface area contributed by atoms with Crippen molar-refractivity contribution in [1.29, 1.82) is 0 Å². The molecule has 8 nitrogen and oxygen atoms in total. The predicted molar refractivity (Wildman–Crippen MR) is 74.5 cm³/mol. The Morgan fingerprint density at radius 1 is 0.895 bits per heavy atom. The van der Waals surface area contributed by atoms with Crippen molar-refractivity contribution >= 4 is 17.8 Å². The topological polar surface area (TPSA) is 106 Å². The van der Waals surface area contributed by atoms with Crippen LogP contribution in [0.1, 0.15) is 13.8 Å². The molecule has 1 rings (SSSR count). The first-order valence-corrected chi connectivity index (χ1v) is 6.45. The summed E-state index contributed by atoms with van der Waals surface area (Å²) in [5.41, 5.74) is 0. The van der Waals surface area contributed by atoms with Gasteiger partial charge in [-0.2, -0.15) is 15.0 Å². The minimum atomic E-state index is -0.0290. The Hall–Kier alpha value is -1.67. The third-order valence-corrected chi connectivity index (χ3v) is 2.32. The van der Waals surface area contributed by atoms with E-state index in [2.05, 4.69) is 25.6 Å². The normalized spacial score (nSPS) is 10.3. The van der Waals surface area contributed by atoms with E-state index in [9.17, 15) is 0 Å². The zero-order valence-corrected chi connectivity index (χ0v) is 11.4. The molecule has 0 aliphatic rings. The molecule has 19 heavy (non-hydrogen) atoms. The van der Waals surface area contributed by atoms with Crippen LogP contribution in [-0.4, -0.2) is 64.6 Å². The van der Waals surface area contributed by atoms with E-state index in [1.54, 1.807) is 4.90 Å². The van der Waals surface area contributed by atoms with Crippen LogP contribution in [0, 0.1) is 0 Å². The van der Waals surface area contributed by atoms with Gasteiger partial charge in [0.15, 0.2) is 0 Å². The first-order valence-electron chi connectivity index (χ1n) is 6.45. The fourth-order valence-corrected chi connectivity index (χ4v) is 1.53. The fourth-order valence-electron chi connectivity index (χ4n) is 1.53. The molecule has 0 aliphatic carbocycles. The van der Waals surface area contributed by atoms with Crippen LogP contribution in [0.5, 0.6) is 0 Å². The highest BCUT2D eigenvalue weighted by molar-refractivity contribution is 5.43. The first kappa shape index (κ1) is 15.4. The van der Waals surface area contributed by atoms with E-state index < -0.39 is 0 Å². The summed E-state index contributed by atoms with van der Waals surface area (Å²) in [5.74, 6) is 1.39. The van der Waals surface area contributed by atoms with Gasteiger partial charge in [0.05, 0.1) is 13.2 Å². The molecule has 0 aliphatic heterocycles. The summed E-state index contributed by atoms with van der Waals surface area (Å²) in [7, 11) is 0. The lowest BCUT2D eigenvalue weighted by molar-refractivity contribution is 0.280. The van der Waals surface area contributed by atoms with Gasteiger partial charge in [-0.15, -0.1) is 0 Å². The number of nitrogens with one attached hydrogen (secondary N) is 2. The molecule has 8 heteroatoms. The molecule has 0 unspecified atom stereocenters. The van der Waals surface area contributed by atoms with Gasteiger partial charge in [-0.1, -0.05) is 0 Å². The van der Waals surface area contributed by atoms with Crippen molar-refractivity contribution in [3.8, 4) is 0 Å². The summed E-state index contributed by atoms with van der Waals surface area (Å²) in [6.45, 7) is 5.98. The lowest BCUT2D eigenvalue weighted by Gasteiger charge is -2.21. The van der Waals surface area contributed by atoms with E-state index in [1.807, 2.05) is 13.8 Å². The maximum atomic E-state index is 9.04. The van der Waals surface area contributed by atoms with Crippen LogP contribution in [0.15, 0.2) is 0 Å². The fraction of sp³-hybridized carbons (Fsp3) is 0.727. The maximum Gasteiger partial charge on any atom is 0.232 e. The number of hydrogen-bond donors (Lipinski definition) is 4. The monoisotopic (exact) mass is 270 g/mol. The van der Waals surface area contributed by atoms with Crippen molar-refractivity contribution in [3.63, 3.8) is 0 Å². The van der Waals surface area contributed by atoms with Crippen molar-refractivity contribution in [2.75, 3.05) is 54.9 Å². The molecule has 0 spiro atoms. The number of aromatic nitrogens is 3. The Kier molecular flexibility index (Phi) is 6.83. The standard InChI is InChI=1S/C11H22N6O2/c1-3-12-9-14-10(13-4-2)16-11(15-9)17(5-7-18)6-8-19/h18-19H,3-8H2,1-2H3,(H2,12,13,14,15,16). The molecule has 0 saturated heterocycles. The van der Waals surface area contributed by atoms with E-state index in [0.717, 1.165) is 0 Å². The summed E-state index contributed by atoms with van der Waals surface area (Å²) >= 11 is 0. The molecule has 0 atom stereocenters. The van der Waals surface area contributed by atoms with Gasteiger partial charge in [0.2, 0.25) is 17.8 Å². The van der Waals surface area contributed by atoms with Crippen LogP contribution >= 0.6 is 0 Å². The van der Waals surface area contributed by atoms with Gasteiger partial charge in [0.25, 0.3) is 0 Å².